The van der Waals surface area contributed by atoms with E-state index >= 15 is 0 Å². The van der Waals surface area contributed by atoms with Crippen LogP contribution < -0.4 is 13.8 Å². The van der Waals surface area contributed by atoms with Crippen LogP contribution in [0.15, 0.2) is 53.6 Å². The van der Waals surface area contributed by atoms with Gasteiger partial charge in [-0.15, -0.1) is 0 Å². The SMILES string of the molecule is COc1ccccc1N(C)S(=O)(=O)c1ccc(C)c(C(=O)N(C)Cc2ncc(C)c(OC)c2C)c1. The molecule has 0 saturated carbocycles. The molecule has 3 aromatic rings. The standard InChI is InChI=1S/C26H31N3O5S/c1-17-12-13-20(35(31,32)29(5)23-10-8-9-11-24(23)33-6)14-21(17)26(30)28(4)16-22-19(3)25(34-7)18(2)15-27-22/h8-15H,16H2,1-7H3. The third-order valence-corrected chi connectivity index (χ3v) is 7.77. The van der Waals surface area contributed by atoms with Gasteiger partial charge in [0.1, 0.15) is 11.5 Å². The van der Waals surface area contributed by atoms with Crippen molar-refractivity contribution < 1.29 is 22.7 Å². The molecule has 0 unspecified atom stereocenters. The highest BCUT2D eigenvalue weighted by Crippen LogP contribution is 2.31. The van der Waals surface area contributed by atoms with Crippen molar-refractivity contribution in [2.24, 2.45) is 0 Å². The van der Waals surface area contributed by atoms with E-state index in [4.69, 9.17) is 9.47 Å². The molecular weight excluding hydrogens is 466 g/mol. The van der Waals surface area contributed by atoms with Gasteiger partial charge in [-0.2, -0.15) is 0 Å². The largest absolute Gasteiger partial charge is 0.496 e. The van der Waals surface area contributed by atoms with Crippen LogP contribution in [0.1, 0.15) is 32.7 Å². The zero-order valence-electron chi connectivity index (χ0n) is 21.1. The fourth-order valence-electron chi connectivity index (χ4n) is 3.90. The van der Waals surface area contributed by atoms with Crippen molar-refractivity contribution in [3.63, 3.8) is 0 Å². The number of aryl methyl sites for hydroxylation is 2. The second-order valence-electron chi connectivity index (χ2n) is 8.33. The number of ether oxygens (including phenoxy) is 2. The van der Waals surface area contributed by atoms with Crippen molar-refractivity contribution in [1.82, 2.24) is 9.88 Å². The average Bonchev–Trinajstić information content (AvgIpc) is 2.85. The minimum Gasteiger partial charge on any atom is -0.496 e. The fraction of sp³-hybridized carbons (Fsp3) is 0.308. The van der Waals surface area contributed by atoms with Crippen LogP contribution in [-0.2, 0) is 16.6 Å². The molecule has 1 heterocycles. The molecule has 0 bridgehead atoms. The summed E-state index contributed by atoms with van der Waals surface area (Å²) < 4.78 is 38.8. The van der Waals surface area contributed by atoms with Crippen molar-refractivity contribution in [2.45, 2.75) is 32.2 Å². The van der Waals surface area contributed by atoms with Crippen LogP contribution in [0.4, 0.5) is 5.69 Å². The van der Waals surface area contributed by atoms with E-state index in [-0.39, 0.29) is 17.3 Å². The molecule has 0 spiro atoms. The lowest BCUT2D eigenvalue weighted by atomic mass is 10.1. The summed E-state index contributed by atoms with van der Waals surface area (Å²) in [5, 5.41) is 0. The number of nitrogens with zero attached hydrogens (tertiary/aromatic N) is 3. The van der Waals surface area contributed by atoms with Gasteiger partial charge < -0.3 is 14.4 Å². The molecule has 186 valence electrons. The molecule has 8 nitrogen and oxygen atoms in total. The lowest BCUT2D eigenvalue weighted by Crippen LogP contribution is -2.29. The van der Waals surface area contributed by atoms with Gasteiger partial charge in [0.05, 0.1) is 37.0 Å². The fourth-order valence-corrected chi connectivity index (χ4v) is 5.13. The Morgan fingerprint density at radius 2 is 1.66 bits per heavy atom. The van der Waals surface area contributed by atoms with E-state index in [0.29, 0.717) is 28.3 Å². The first-order valence-corrected chi connectivity index (χ1v) is 12.4. The van der Waals surface area contributed by atoms with Crippen LogP contribution in [0.5, 0.6) is 11.5 Å². The summed E-state index contributed by atoms with van der Waals surface area (Å²) in [5.74, 6) is 0.859. The third kappa shape index (κ3) is 5.09. The lowest BCUT2D eigenvalue weighted by Gasteiger charge is -2.23. The van der Waals surface area contributed by atoms with E-state index in [1.807, 2.05) is 13.8 Å². The number of carbonyl (C=O) groups excluding carboxylic acids is 1. The molecular formula is C26H31N3O5S. The van der Waals surface area contributed by atoms with Crippen LogP contribution in [0.25, 0.3) is 0 Å². The summed E-state index contributed by atoms with van der Waals surface area (Å²) >= 11 is 0. The monoisotopic (exact) mass is 497 g/mol. The quantitative estimate of drug-likeness (QED) is 0.465. The van der Waals surface area contributed by atoms with Gasteiger partial charge >= 0.3 is 0 Å². The molecule has 2 aromatic carbocycles. The molecule has 1 aromatic heterocycles. The van der Waals surface area contributed by atoms with Gasteiger partial charge in [0, 0.05) is 37.0 Å². The van der Waals surface area contributed by atoms with E-state index < -0.39 is 10.0 Å². The van der Waals surface area contributed by atoms with Gasteiger partial charge in [0.2, 0.25) is 0 Å². The smallest absolute Gasteiger partial charge is 0.264 e. The van der Waals surface area contributed by atoms with Gasteiger partial charge in [-0.3, -0.25) is 14.1 Å². The zero-order valence-corrected chi connectivity index (χ0v) is 21.9. The Kier molecular flexibility index (Phi) is 7.70. The number of rotatable bonds is 8. The van der Waals surface area contributed by atoms with Crippen molar-refractivity contribution in [2.75, 3.05) is 32.6 Å². The molecule has 3 rings (SSSR count). The first-order chi connectivity index (χ1) is 16.5. The molecule has 0 N–H and O–H groups in total. The van der Waals surface area contributed by atoms with Crippen LogP contribution in [-0.4, -0.2) is 52.5 Å². The Hall–Kier alpha value is -3.59. The Labute approximate surface area is 207 Å². The lowest BCUT2D eigenvalue weighted by molar-refractivity contribution is 0.0782. The molecule has 9 heteroatoms. The highest BCUT2D eigenvalue weighted by Gasteiger charge is 2.26. The number of benzene rings is 2. The number of hydrogen-bond donors (Lipinski definition) is 0. The van der Waals surface area contributed by atoms with E-state index in [2.05, 4.69) is 4.98 Å². The molecule has 0 saturated heterocycles. The summed E-state index contributed by atoms with van der Waals surface area (Å²) in [4.78, 5) is 19.4. The highest BCUT2D eigenvalue weighted by atomic mass is 32.2. The molecule has 0 aliphatic carbocycles. The van der Waals surface area contributed by atoms with Gasteiger partial charge in [-0.25, -0.2) is 8.42 Å². The van der Waals surface area contributed by atoms with Crippen LogP contribution in [0, 0.1) is 20.8 Å². The Balaban J connectivity index is 1.93. The molecule has 0 fully saturated rings. The van der Waals surface area contributed by atoms with E-state index in [0.717, 1.165) is 21.2 Å². The topological polar surface area (TPSA) is 89.0 Å². The van der Waals surface area contributed by atoms with Crippen molar-refractivity contribution in [3.8, 4) is 11.5 Å². The zero-order chi connectivity index (χ0) is 25.9. The maximum atomic E-state index is 13.4. The summed E-state index contributed by atoms with van der Waals surface area (Å²) in [6, 6.07) is 11.4. The number of para-hydroxylation sites is 2. The molecule has 35 heavy (non-hydrogen) atoms. The normalized spacial score (nSPS) is 11.2. The molecule has 0 aliphatic rings. The predicted molar refractivity (Wildman–Crippen MR) is 136 cm³/mol. The Morgan fingerprint density at radius 3 is 2.31 bits per heavy atom. The van der Waals surface area contributed by atoms with Crippen molar-refractivity contribution >= 4 is 21.6 Å². The molecule has 0 aliphatic heterocycles. The number of pyridine rings is 1. The van der Waals surface area contributed by atoms with Gasteiger partial charge in [0.25, 0.3) is 15.9 Å². The van der Waals surface area contributed by atoms with E-state index in [1.165, 1.54) is 31.2 Å². The van der Waals surface area contributed by atoms with Crippen LogP contribution in [0.3, 0.4) is 0 Å². The maximum absolute atomic E-state index is 13.4. The van der Waals surface area contributed by atoms with E-state index in [1.54, 1.807) is 57.6 Å². The van der Waals surface area contributed by atoms with Crippen molar-refractivity contribution in [3.05, 3.63) is 76.6 Å². The second-order valence-corrected chi connectivity index (χ2v) is 10.3. The average molecular weight is 498 g/mol. The number of carbonyl (C=O) groups is 1. The third-order valence-electron chi connectivity index (χ3n) is 6.01. The van der Waals surface area contributed by atoms with Gasteiger partial charge in [-0.1, -0.05) is 18.2 Å². The number of anilines is 1. The summed E-state index contributed by atoms with van der Waals surface area (Å²) in [6.07, 6.45) is 1.71. The highest BCUT2D eigenvalue weighted by molar-refractivity contribution is 7.92. The number of sulfonamides is 1. The van der Waals surface area contributed by atoms with Crippen LogP contribution in [0.2, 0.25) is 0 Å². The summed E-state index contributed by atoms with van der Waals surface area (Å²) in [5.41, 5.74) is 3.86. The Morgan fingerprint density at radius 1 is 0.971 bits per heavy atom. The first-order valence-electron chi connectivity index (χ1n) is 11.0. The van der Waals surface area contributed by atoms with Gasteiger partial charge in [0.15, 0.2) is 0 Å². The minimum absolute atomic E-state index is 0.0135. The number of hydrogen-bond acceptors (Lipinski definition) is 6. The maximum Gasteiger partial charge on any atom is 0.264 e. The predicted octanol–water partition coefficient (Wildman–Crippen LogP) is 4.12. The first kappa shape index (κ1) is 26.0. The summed E-state index contributed by atoms with van der Waals surface area (Å²) in [7, 11) is 2.26. The second kappa shape index (κ2) is 10.4. The van der Waals surface area contributed by atoms with Gasteiger partial charge in [-0.05, 0) is 50.6 Å². The molecule has 0 radical (unpaired) electrons. The van der Waals surface area contributed by atoms with Crippen molar-refractivity contribution in [1.29, 1.82) is 0 Å². The number of amides is 1. The number of aromatic nitrogens is 1. The number of methoxy groups -OCH3 is 2. The van der Waals surface area contributed by atoms with E-state index in [9.17, 15) is 13.2 Å². The molecule has 0 atom stereocenters. The van der Waals surface area contributed by atoms with Crippen LogP contribution >= 0.6 is 0 Å². The minimum atomic E-state index is -3.95. The Bertz CT molecular complexity index is 1360. The molecule has 1 amide bonds. The summed E-state index contributed by atoms with van der Waals surface area (Å²) in [6.45, 7) is 5.84.